The van der Waals surface area contributed by atoms with Crippen LogP contribution in [0.2, 0.25) is 0 Å². The molecule has 20 heavy (non-hydrogen) atoms. The molecule has 0 aliphatic carbocycles. The van der Waals surface area contributed by atoms with Crippen LogP contribution < -0.4 is 0 Å². The molecule has 1 unspecified atom stereocenters. The van der Waals surface area contributed by atoms with Crippen LogP contribution in [0.3, 0.4) is 0 Å². The van der Waals surface area contributed by atoms with Gasteiger partial charge in [0.1, 0.15) is 11.4 Å². The molecule has 2 heterocycles. The molecular weight excluding hydrogens is 282 g/mol. The van der Waals surface area contributed by atoms with Crippen molar-refractivity contribution in [3.63, 3.8) is 0 Å². The minimum atomic E-state index is -3.57. The molecule has 0 saturated carbocycles. The van der Waals surface area contributed by atoms with Crippen molar-refractivity contribution in [3.8, 4) is 0 Å². The van der Waals surface area contributed by atoms with Crippen LogP contribution in [0, 0.1) is 5.92 Å². The van der Waals surface area contributed by atoms with Gasteiger partial charge in [0.25, 0.3) is 0 Å². The van der Waals surface area contributed by atoms with E-state index in [9.17, 15) is 13.2 Å². The number of carboxylic acids is 1. The molecule has 1 aromatic rings. The first-order chi connectivity index (χ1) is 9.39. The van der Waals surface area contributed by atoms with Gasteiger partial charge in [0, 0.05) is 19.3 Å². The zero-order chi connectivity index (χ0) is 14.8. The number of carbonyl (C=O) groups is 1. The number of hydrogen-bond acceptors (Lipinski definition) is 4. The molecule has 1 saturated heterocycles. The second kappa shape index (κ2) is 5.92. The van der Waals surface area contributed by atoms with Crippen molar-refractivity contribution < 1.29 is 18.3 Å². The third-order valence-corrected chi connectivity index (χ3v) is 5.37. The molecule has 1 aliphatic heterocycles. The van der Waals surface area contributed by atoms with Crippen molar-refractivity contribution in [2.24, 2.45) is 5.92 Å². The molecule has 2 rings (SSSR count). The van der Waals surface area contributed by atoms with Crippen LogP contribution in [0.15, 0.2) is 17.3 Å². The Hall–Kier alpha value is -1.41. The molecule has 112 valence electrons. The Balaban J connectivity index is 2.16. The third kappa shape index (κ3) is 3.37. The average Bonchev–Trinajstić information content (AvgIpc) is 2.70. The van der Waals surface area contributed by atoms with Gasteiger partial charge < -0.3 is 5.11 Å². The van der Waals surface area contributed by atoms with Gasteiger partial charge in [-0.3, -0.25) is 9.48 Å². The lowest BCUT2D eigenvalue weighted by atomic mass is 10.0. The smallest absolute Gasteiger partial charge is 0.325 e. The van der Waals surface area contributed by atoms with Crippen molar-refractivity contribution in [2.75, 3.05) is 13.1 Å². The summed E-state index contributed by atoms with van der Waals surface area (Å²) in [6.45, 7) is 2.80. The maximum absolute atomic E-state index is 12.5. The second-order valence-corrected chi connectivity index (χ2v) is 7.15. The number of nitrogens with zero attached hydrogens (tertiary/aromatic N) is 3. The van der Waals surface area contributed by atoms with Gasteiger partial charge in [0.15, 0.2) is 0 Å². The quantitative estimate of drug-likeness (QED) is 0.887. The van der Waals surface area contributed by atoms with Gasteiger partial charge in [0.05, 0.1) is 6.20 Å². The largest absolute Gasteiger partial charge is 0.480 e. The minimum absolute atomic E-state index is 0.0632. The third-order valence-electron chi connectivity index (χ3n) is 3.52. The van der Waals surface area contributed by atoms with Gasteiger partial charge in [-0.2, -0.15) is 9.40 Å². The van der Waals surface area contributed by atoms with Crippen LogP contribution in [-0.2, 0) is 21.4 Å². The van der Waals surface area contributed by atoms with Crippen molar-refractivity contribution in [1.82, 2.24) is 14.1 Å². The summed E-state index contributed by atoms with van der Waals surface area (Å²) in [5, 5.41) is 12.5. The number of hydrogen-bond donors (Lipinski definition) is 1. The zero-order valence-electron chi connectivity index (χ0n) is 11.4. The molecule has 1 aromatic heterocycles. The van der Waals surface area contributed by atoms with Crippen LogP contribution in [-0.4, -0.2) is 46.7 Å². The fourth-order valence-electron chi connectivity index (χ4n) is 2.33. The van der Waals surface area contributed by atoms with E-state index >= 15 is 0 Å². The number of aromatic nitrogens is 2. The zero-order valence-corrected chi connectivity index (χ0v) is 12.2. The summed E-state index contributed by atoms with van der Waals surface area (Å²) in [6, 6.07) is 0. The summed E-state index contributed by atoms with van der Waals surface area (Å²) in [5.74, 6) is -0.523. The Kier molecular flexibility index (Phi) is 4.44. The van der Waals surface area contributed by atoms with Crippen molar-refractivity contribution in [1.29, 1.82) is 0 Å². The first-order valence-corrected chi connectivity index (χ1v) is 8.08. The Morgan fingerprint density at radius 3 is 2.90 bits per heavy atom. The molecule has 7 nitrogen and oxygen atoms in total. The monoisotopic (exact) mass is 301 g/mol. The van der Waals surface area contributed by atoms with Crippen molar-refractivity contribution in [3.05, 3.63) is 12.4 Å². The Morgan fingerprint density at radius 1 is 1.45 bits per heavy atom. The topological polar surface area (TPSA) is 92.5 Å². The highest BCUT2D eigenvalue weighted by atomic mass is 32.2. The van der Waals surface area contributed by atoms with E-state index in [1.807, 2.05) is 0 Å². The van der Waals surface area contributed by atoms with Gasteiger partial charge in [-0.05, 0) is 25.2 Å². The molecule has 0 aromatic carbocycles. The Bertz CT molecular complexity index is 581. The summed E-state index contributed by atoms with van der Waals surface area (Å²) in [6.07, 6.45) is 5.22. The van der Waals surface area contributed by atoms with Crippen molar-refractivity contribution >= 4 is 16.0 Å². The number of carboxylic acid groups (broad SMARTS) is 1. The summed E-state index contributed by atoms with van der Waals surface area (Å²) < 4.78 is 27.5. The molecule has 0 bridgehead atoms. The normalized spacial score (nSPS) is 21.6. The lowest BCUT2D eigenvalue weighted by Crippen LogP contribution is -2.31. The van der Waals surface area contributed by atoms with Gasteiger partial charge in [-0.15, -0.1) is 0 Å². The predicted octanol–water partition coefficient (Wildman–Crippen LogP) is 0.778. The van der Waals surface area contributed by atoms with Gasteiger partial charge in [-0.25, -0.2) is 8.42 Å². The van der Waals surface area contributed by atoms with E-state index in [1.165, 1.54) is 16.7 Å². The number of sulfonamides is 1. The van der Waals surface area contributed by atoms with Crippen molar-refractivity contribution in [2.45, 2.75) is 37.6 Å². The van der Waals surface area contributed by atoms with Crippen LogP contribution in [0.25, 0.3) is 0 Å². The Labute approximate surface area is 118 Å². The lowest BCUT2D eigenvalue weighted by molar-refractivity contribution is -0.137. The number of aliphatic carboxylic acids is 1. The van der Waals surface area contributed by atoms with Gasteiger partial charge in [-0.1, -0.05) is 6.92 Å². The highest BCUT2D eigenvalue weighted by Crippen LogP contribution is 2.22. The van der Waals surface area contributed by atoms with Gasteiger partial charge >= 0.3 is 5.97 Å². The van der Waals surface area contributed by atoms with Crippen LogP contribution in [0.1, 0.15) is 26.2 Å². The first kappa shape index (κ1) is 15.0. The summed E-state index contributed by atoms with van der Waals surface area (Å²) >= 11 is 0. The molecule has 1 atom stereocenters. The van der Waals surface area contributed by atoms with E-state index in [0.717, 1.165) is 23.9 Å². The standard InChI is InChI=1S/C12H19N3O4S/c1-10-3-2-5-15(6-4-10)20(18,19)11-7-13-14(8-11)9-12(16)17/h7-8,10H,2-6,9H2,1H3,(H,16,17). The Morgan fingerprint density at radius 2 is 2.20 bits per heavy atom. The van der Waals surface area contributed by atoms with Crippen LogP contribution in [0.5, 0.6) is 0 Å². The molecule has 8 heteroatoms. The molecule has 0 spiro atoms. The molecule has 1 fully saturated rings. The van der Waals surface area contributed by atoms with E-state index in [-0.39, 0.29) is 11.4 Å². The van der Waals surface area contributed by atoms with E-state index in [2.05, 4.69) is 12.0 Å². The van der Waals surface area contributed by atoms with Gasteiger partial charge in [0.2, 0.25) is 10.0 Å². The highest BCUT2D eigenvalue weighted by molar-refractivity contribution is 7.89. The van der Waals surface area contributed by atoms with E-state index in [0.29, 0.717) is 19.0 Å². The molecular formula is C12H19N3O4S. The summed E-state index contributed by atoms with van der Waals surface area (Å²) in [4.78, 5) is 10.7. The SMILES string of the molecule is CC1CCCN(S(=O)(=O)c2cnn(CC(=O)O)c2)CC1. The maximum atomic E-state index is 12.5. The second-order valence-electron chi connectivity index (χ2n) is 5.21. The number of rotatable bonds is 4. The predicted molar refractivity (Wildman–Crippen MR) is 71.6 cm³/mol. The van der Waals surface area contributed by atoms with E-state index in [1.54, 1.807) is 0 Å². The highest BCUT2D eigenvalue weighted by Gasteiger charge is 2.27. The maximum Gasteiger partial charge on any atom is 0.325 e. The molecule has 1 N–H and O–H groups in total. The molecule has 0 radical (unpaired) electrons. The summed E-state index contributed by atoms with van der Waals surface area (Å²) in [7, 11) is -3.57. The lowest BCUT2D eigenvalue weighted by Gasteiger charge is -2.18. The van der Waals surface area contributed by atoms with E-state index in [4.69, 9.17) is 5.11 Å². The first-order valence-electron chi connectivity index (χ1n) is 6.64. The fourth-order valence-corrected chi connectivity index (χ4v) is 3.78. The molecule has 0 amide bonds. The average molecular weight is 301 g/mol. The van der Waals surface area contributed by atoms with Crippen LogP contribution >= 0.6 is 0 Å². The fraction of sp³-hybridized carbons (Fsp3) is 0.667. The summed E-state index contributed by atoms with van der Waals surface area (Å²) in [5.41, 5.74) is 0. The minimum Gasteiger partial charge on any atom is -0.480 e. The molecule has 1 aliphatic rings. The van der Waals surface area contributed by atoms with Crippen LogP contribution in [0.4, 0.5) is 0 Å². The van der Waals surface area contributed by atoms with E-state index < -0.39 is 16.0 Å².